The maximum absolute atomic E-state index is 12.4. The van der Waals surface area contributed by atoms with Gasteiger partial charge in [-0.15, -0.1) is 0 Å². The lowest BCUT2D eigenvalue weighted by Crippen LogP contribution is -2.49. The molecule has 0 heterocycles. The average molecular weight is 818 g/mol. The highest BCUT2D eigenvalue weighted by Gasteiger charge is 2.26. The van der Waals surface area contributed by atoms with Crippen LogP contribution in [0.2, 0.25) is 0 Å². The van der Waals surface area contributed by atoms with Crippen molar-refractivity contribution in [1.82, 2.24) is 16.0 Å². The third-order valence-corrected chi connectivity index (χ3v) is 6.19. The van der Waals surface area contributed by atoms with Crippen LogP contribution >= 0.6 is 0 Å². The van der Waals surface area contributed by atoms with Gasteiger partial charge in [0, 0.05) is 27.0 Å². The number of allylic oxidation sites excluding steroid dienone is 2. The molecule has 1 amide bonds. The van der Waals surface area contributed by atoms with Crippen molar-refractivity contribution in [3.8, 4) is 0 Å². The van der Waals surface area contributed by atoms with E-state index in [9.17, 15) is 19.5 Å². The van der Waals surface area contributed by atoms with Crippen LogP contribution in [-0.2, 0) is 64.7 Å². The molecule has 3 unspecified atom stereocenters. The van der Waals surface area contributed by atoms with Gasteiger partial charge >= 0.3 is 0 Å². The van der Waals surface area contributed by atoms with Crippen molar-refractivity contribution in [3.05, 3.63) is 17.5 Å². The minimum absolute atomic E-state index is 0.0509. The van der Waals surface area contributed by atoms with Gasteiger partial charge in [-0.25, -0.2) is 10.5 Å². The molecular weight excluding hydrogens is 764 g/mol. The van der Waals surface area contributed by atoms with E-state index in [0.29, 0.717) is 24.7 Å². The Balaban J connectivity index is -0.000000798. The molecule has 0 saturated carbocycles. The number of carbonyl (C=O) groups excluding carboxylic acids is 3. The van der Waals surface area contributed by atoms with Crippen LogP contribution in [0, 0.1) is 23.3 Å². The van der Waals surface area contributed by atoms with E-state index in [0.717, 1.165) is 13.0 Å². The highest BCUT2D eigenvalue weighted by molar-refractivity contribution is 5.91. The number of hydrogen-bond donors (Lipinski definition) is 6. The van der Waals surface area contributed by atoms with E-state index in [1.54, 1.807) is 6.92 Å². The van der Waals surface area contributed by atoms with Gasteiger partial charge < -0.3 is 21.1 Å². The van der Waals surface area contributed by atoms with Crippen molar-refractivity contribution in [2.24, 2.45) is 64.8 Å². The summed E-state index contributed by atoms with van der Waals surface area (Å²) in [6.07, 6.45) is 5.34. The lowest BCUT2D eigenvalue weighted by molar-refractivity contribution is -0.825. The Kier molecular flexibility index (Phi) is 39.1. The van der Waals surface area contributed by atoms with E-state index >= 15 is 0 Å². The number of ketones is 2. The number of nitrogens with one attached hydrogen (secondary N) is 3. The monoisotopic (exact) mass is 817 g/mol. The van der Waals surface area contributed by atoms with Crippen LogP contribution in [-0.4, -0.2) is 76.3 Å². The summed E-state index contributed by atoms with van der Waals surface area (Å²) in [5.41, 5.74) is 6.20. The molecule has 0 radical (unpaired) electrons. The Hall–Kier alpha value is -4.25. The van der Waals surface area contributed by atoms with Crippen LogP contribution < -0.4 is 10.6 Å². The molecule has 0 bridgehead atoms. The molecule has 6 N–H and O–H groups in total. The minimum atomic E-state index is -0.868. The predicted octanol–water partition coefficient (Wildman–Crippen LogP) is 5.01. The lowest BCUT2D eigenvalue weighted by atomic mass is 9.93. The Morgan fingerprint density at radius 2 is 1.38 bits per heavy atom. The zero-order valence-electron chi connectivity index (χ0n) is 32.6. The zero-order valence-corrected chi connectivity index (χ0v) is 32.6. The fourth-order valence-corrected chi connectivity index (χ4v) is 3.76. The van der Waals surface area contributed by atoms with Crippen LogP contribution in [0.25, 0.3) is 5.32 Å². The maximum atomic E-state index is 12.4. The summed E-state index contributed by atoms with van der Waals surface area (Å²) in [4.78, 5) is 42.9. The van der Waals surface area contributed by atoms with Crippen molar-refractivity contribution >= 4 is 17.5 Å². The Labute approximate surface area is 321 Å². The molecule has 56 heavy (non-hydrogen) atoms. The second kappa shape index (κ2) is 39.0. The quantitative estimate of drug-likeness (QED) is 0.0182. The molecule has 0 aliphatic rings. The number of aliphatic hydroxyl groups is 1. The van der Waals surface area contributed by atoms with Gasteiger partial charge in [0.15, 0.2) is 5.78 Å². The lowest BCUT2D eigenvalue weighted by Gasteiger charge is -2.35. The molecule has 0 spiro atoms. The number of likely N-dealkylation sites (N-methyl/N-ethyl adjacent to an activating group) is 1. The van der Waals surface area contributed by atoms with Crippen LogP contribution in [0.4, 0.5) is 0 Å². The Bertz CT molecular complexity index is 1160. The summed E-state index contributed by atoms with van der Waals surface area (Å²) in [6.45, 7) is 18.1. The van der Waals surface area contributed by atoms with E-state index in [-0.39, 0.29) is 34.8 Å². The summed E-state index contributed by atoms with van der Waals surface area (Å²) < 4.78 is 0. The Morgan fingerprint density at radius 3 is 1.79 bits per heavy atom. The summed E-state index contributed by atoms with van der Waals surface area (Å²) >= 11 is 0. The first-order chi connectivity index (χ1) is 26.7. The third kappa shape index (κ3) is 33.1. The van der Waals surface area contributed by atoms with Crippen LogP contribution in [0.5, 0.6) is 0 Å². The highest BCUT2D eigenvalue weighted by atomic mass is 17.9. The fraction of sp³-hybridized carbons (Fsp3) is 0.808. The highest BCUT2D eigenvalue weighted by Crippen LogP contribution is 2.18. The molecule has 0 fully saturated rings. The van der Waals surface area contributed by atoms with E-state index in [4.69, 9.17) is 16.0 Å². The number of rotatable bonds is 30. The van der Waals surface area contributed by atoms with Crippen molar-refractivity contribution in [2.45, 2.75) is 106 Å². The van der Waals surface area contributed by atoms with Crippen molar-refractivity contribution in [1.29, 1.82) is 5.53 Å². The number of aliphatic hydroxyl groups excluding tert-OH is 1. The molecule has 0 aromatic heterocycles. The molecule has 0 aromatic carbocycles. The summed E-state index contributed by atoms with van der Waals surface area (Å²) in [5.74, 6) is 0.394. The number of nitrogens with zero attached hydrogens (tertiary/aromatic N) is 11. The minimum Gasteiger partial charge on any atom is -0.652 e. The maximum Gasteiger partial charge on any atom is 0.205 e. The molecule has 0 aliphatic carbocycles. The average Bonchev–Trinajstić information content (AvgIpc) is 3.14. The van der Waals surface area contributed by atoms with Crippen molar-refractivity contribution in [2.75, 3.05) is 13.6 Å². The zero-order chi connectivity index (χ0) is 43.1. The number of hydrogen-bond acceptors (Lipinski definition) is 19. The van der Waals surface area contributed by atoms with E-state index in [1.807, 2.05) is 39.8 Å². The number of amides is 1. The normalized spacial score (nSPS) is 14.5. The second-order valence-electron chi connectivity index (χ2n) is 11.3. The molecule has 0 saturated heterocycles. The first-order valence-electron chi connectivity index (χ1n) is 16.3. The standard InChI is InChI=1S/C17H31N2O3.C9H19NO.H3N11O12/c1-7-8-9-12(4)16(21)15(18-6)17(22)19-14(13(5)20)10-11(2)3;1-5-6-10-9(7(2)3)8(4)11;1-2-3-4-5-6-7-8-9-10-11(14-18-22-20-16-12)15-19-23-21-17-13/h7-8,11-12,14-16,21H,9-10H2,1-6H3,(H,19,22);7,9-10H,5-6H2,1-4H3;1,12-13H/q-1;;/b8-7+;;2-1?,4-3+,6-5+,8-7+,10-9+/t12?,14-,15?,16?;9-;/m01./s1. The Morgan fingerprint density at radius 1 is 0.839 bits per heavy atom. The molecule has 5 atom stereocenters. The molecule has 0 aromatic rings. The van der Waals surface area contributed by atoms with Gasteiger partial charge in [0.25, 0.3) is 0 Å². The van der Waals surface area contributed by atoms with Gasteiger partial charge in [0.2, 0.25) is 5.91 Å². The van der Waals surface area contributed by atoms with Gasteiger partial charge in [-0.1, -0.05) is 53.7 Å². The van der Waals surface area contributed by atoms with Gasteiger partial charge in [-0.2, -0.15) is 12.6 Å². The van der Waals surface area contributed by atoms with Crippen molar-refractivity contribution < 1.29 is 80.3 Å². The molecule has 30 heteroatoms. The third-order valence-electron chi connectivity index (χ3n) is 6.19. The molecule has 0 rings (SSSR count). The second-order valence-corrected chi connectivity index (χ2v) is 11.3. The summed E-state index contributed by atoms with van der Waals surface area (Å²) in [5, 5.41) is 87.3. The van der Waals surface area contributed by atoms with Crippen LogP contribution in [0.1, 0.15) is 81.6 Å². The first-order valence-corrected chi connectivity index (χ1v) is 16.3. The summed E-state index contributed by atoms with van der Waals surface area (Å²) in [6, 6.07) is -1.32. The molecular formula is C26H53N14O16-. The van der Waals surface area contributed by atoms with Crippen LogP contribution in [0.15, 0.2) is 59.2 Å². The van der Waals surface area contributed by atoms with Gasteiger partial charge in [0.05, 0.1) is 17.4 Å². The fourth-order valence-electron chi connectivity index (χ4n) is 3.76. The SMILES string of the molecule is C/C=C/CC(C)C(O)C([N-]C)C(=O)N[C@@H](CC(C)C)C(C)=O.CCCN[C@@H](C(C)=O)C(C)C.N=N/N=N/N=N/N=N/N=N/N(OOOOOO)OOOOOO. The van der Waals surface area contributed by atoms with E-state index < -0.39 is 18.2 Å². The largest absolute Gasteiger partial charge is 0.652 e. The molecule has 30 nitrogen and oxygen atoms in total. The molecule has 324 valence electrons. The smallest absolute Gasteiger partial charge is 0.205 e. The van der Waals surface area contributed by atoms with Gasteiger partial charge in [-0.05, 0) is 147 Å². The van der Waals surface area contributed by atoms with Gasteiger partial charge in [-0.3, -0.25) is 14.4 Å². The number of carbonyl (C=O) groups is 3. The van der Waals surface area contributed by atoms with Crippen LogP contribution in [0.3, 0.4) is 0 Å². The summed E-state index contributed by atoms with van der Waals surface area (Å²) in [7, 11) is 1.51. The number of Topliss-reactive ketones (excluding diaryl/α,β-unsaturated/α-hetero) is 2. The first kappa shape index (κ1) is 56.1. The van der Waals surface area contributed by atoms with Crippen molar-refractivity contribution in [3.63, 3.8) is 0 Å². The van der Waals surface area contributed by atoms with E-state index in [2.05, 4.69) is 134 Å². The topological polar surface area (TPSA) is 381 Å². The van der Waals surface area contributed by atoms with Gasteiger partial charge in [0.1, 0.15) is 5.78 Å². The predicted molar refractivity (Wildman–Crippen MR) is 180 cm³/mol. The van der Waals surface area contributed by atoms with E-state index in [1.165, 1.54) is 14.0 Å². The molecule has 0 aliphatic heterocycles.